The fourth-order valence-corrected chi connectivity index (χ4v) is 2.98. The van der Waals surface area contributed by atoms with Crippen LogP contribution in [0, 0.1) is 11.3 Å². The van der Waals surface area contributed by atoms with E-state index in [-0.39, 0.29) is 5.75 Å². The van der Waals surface area contributed by atoms with Gasteiger partial charge in [-0.2, -0.15) is 5.26 Å². The van der Waals surface area contributed by atoms with Gasteiger partial charge in [-0.25, -0.2) is 4.79 Å². The number of nitrogens with zero attached hydrogens (tertiary/aromatic N) is 2. The monoisotopic (exact) mass is 468 g/mol. The summed E-state index contributed by atoms with van der Waals surface area (Å²) >= 11 is 0. The van der Waals surface area contributed by atoms with Gasteiger partial charge in [-0.3, -0.25) is 9.59 Å². The molecule has 0 saturated carbocycles. The molecule has 1 unspecified atom stereocenters. The van der Waals surface area contributed by atoms with Crippen LogP contribution in [0.25, 0.3) is 0 Å². The number of benzene rings is 2. The van der Waals surface area contributed by atoms with Gasteiger partial charge in [-0.05, 0) is 62.7 Å². The van der Waals surface area contributed by atoms with Crippen LogP contribution >= 0.6 is 0 Å². The number of aromatic hydroxyl groups is 1. The van der Waals surface area contributed by atoms with Crippen LogP contribution in [0.15, 0.2) is 48.5 Å². The quantitative estimate of drug-likeness (QED) is 0.506. The Morgan fingerprint density at radius 2 is 1.71 bits per heavy atom. The van der Waals surface area contributed by atoms with Crippen molar-refractivity contribution < 1.29 is 29.0 Å². The predicted molar refractivity (Wildman–Crippen MR) is 124 cm³/mol. The van der Waals surface area contributed by atoms with Crippen LogP contribution in [0.3, 0.4) is 0 Å². The van der Waals surface area contributed by atoms with Gasteiger partial charge in [0.1, 0.15) is 36.2 Å². The Morgan fingerprint density at radius 3 is 2.24 bits per heavy atom. The first kappa shape index (κ1) is 26.0. The lowest BCUT2D eigenvalue weighted by Gasteiger charge is -2.29. The van der Waals surface area contributed by atoms with E-state index >= 15 is 0 Å². The Bertz CT molecular complexity index is 1040. The Hall–Kier alpha value is -4.26. The van der Waals surface area contributed by atoms with Crippen LogP contribution in [0.5, 0.6) is 11.5 Å². The number of nitriles is 1. The van der Waals surface area contributed by atoms with Gasteiger partial charge in [-0.15, -0.1) is 0 Å². The molecule has 0 heterocycles. The molecular weight excluding hydrogens is 440 g/mol. The minimum Gasteiger partial charge on any atom is -0.508 e. The molecule has 0 aliphatic heterocycles. The highest BCUT2D eigenvalue weighted by molar-refractivity contribution is 5.98. The third-order valence-corrected chi connectivity index (χ3v) is 4.47. The summed E-state index contributed by atoms with van der Waals surface area (Å²) in [5, 5.41) is 24.1. The number of carbonyl (C=O) groups excluding carboxylic acids is 3. The molecule has 2 aromatic rings. The molecule has 0 spiro atoms. The molecule has 0 saturated heterocycles. The van der Waals surface area contributed by atoms with Crippen molar-refractivity contribution in [1.82, 2.24) is 10.2 Å². The summed E-state index contributed by atoms with van der Waals surface area (Å²) in [6, 6.07) is 13.0. The number of ether oxygens (including phenoxy) is 2. The first-order chi connectivity index (χ1) is 16.0. The second kappa shape index (κ2) is 11.6. The van der Waals surface area contributed by atoms with E-state index in [2.05, 4.69) is 10.6 Å². The van der Waals surface area contributed by atoms with Gasteiger partial charge < -0.3 is 30.1 Å². The highest BCUT2D eigenvalue weighted by Crippen LogP contribution is 2.25. The smallest absolute Gasteiger partial charge is 0.408 e. The zero-order valence-electron chi connectivity index (χ0n) is 19.5. The average molecular weight is 469 g/mol. The fourth-order valence-electron chi connectivity index (χ4n) is 2.98. The lowest BCUT2D eigenvalue weighted by Crippen LogP contribution is -2.46. The Kier molecular flexibility index (Phi) is 8.84. The topological polar surface area (TPSA) is 141 Å². The van der Waals surface area contributed by atoms with E-state index < -0.39 is 42.6 Å². The number of phenols is 1. The number of anilines is 1. The number of nitrogens with one attached hydrogen (secondary N) is 2. The standard InChI is InChI=1S/C24H28N4O6/c1-24(2,3)34-23(32)26-15-20(30)28(14-13-25)21(16-5-9-18(29)10-6-16)22(31)27-17-7-11-19(33-4)12-8-17/h5-12,21,29H,14-15H2,1-4H3,(H,26,32)(H,27,31). The highest BCUT2D eigenvalue weighted by Gasteiger charge is 2.32. The van der Waals surface area contributed by atoms with Crippen molar-refractivity contribution in [1.29, 1.82) is 5.26 Å². The maximum absolute atomic E-state index is 13.3. The molecule has 2 rings (SSSR count). The largest absolute Gasteiger partial charge is 0.508 e. The van der Waals surface area contributed by atoms with Gasteiger partial charge >= 0.3 is 6.09 Å². The van der Waals surface area contributed by atoms with Crippen LogP contribution < -0.4 is 15.4 Å². The zero-order valence-corrected chi connectivity index (χ0v) is 19.5. The van der Waals surface area contributed by atoms with Crippen molar-refractivity contribution in [2.75, 3.05) is 25.5 Å². The van der Waals surface area contributed by atoms with E-state index in [4.69, 9.17) is 9.47 Å². The molecule has 180 valence electrons. The second-order valence-corrected chi connectivity index (χ2v) is 8.25. The van der Waals surface area contributed by atoms with Crippen LogP contribution in [0.1, 0.15) is 32.4 Å². The van der Waals surface area contributed by atoms with E-state index in [9.17, 15) is 24.8 Å². The molecule has 10 heteroatoms. The van der Waals surface area contributed by atoms with Crippen LogP contribution in [-0.2, 0) is 14.3 Å². The van der Waals surface area contributed by atoms with Gasteiger partial charge in [-0.1, -0.05) is 12.1 Å². The van der Waals surface area contributed by atoms with E-state index in [0.717, 1.165) is 4.90 Å². The van der Waals surface area contributed by atoms with Crippen molar-refractivity contribution in [2.45, 2.75) is 32.4 Å². The van der Waals surface area contributed by atoms with Crippen molar-refractivity contribution in [3.63, 3.8) is 0 Å². The Labute approximate surface area is 198 Å². The average Bonchev–Trinajstić information content (AvgIpc) is 2.77. The number of methoxy groups -OCH3 is 1. The maximum atomic E-state index is 13.3. The molecule has 3 N–H and O–H groups in total. The van der Waals surface area contributed by atoms with Crippen molar-refractivity contribution in [3.8, 4) is 17.6 Å². The summed E-state index contributed by atoms with van der Waals surface area (Å²) in [5.74, 6) is -0.683. The molecule has 1 atom stereocenters. The fraction of sp³-hybridized carbons (Fsp3) is 0.333. The van der Waals surface area contributed by atoms with Crippen LogP contribution in [0.2, 0.25) is 0 Å². The molecule has 0 bridgehead atoms. The number of phenolic OH excluding ortho intramolecular Hbond substituents is 1. The molecule has 0 fully saturated rings. The molecule has 0 aliphatic carbocycles. The maximum Gasteiger partial charge on any atom is 0.408 e. The minimum atomic E-state index is -1.21. The van der Waals surface area contributed by atoms with Crippen LogP contribution in [-0.4, -0.2) is 53.7 Å². The number of hydrogen-bond donors (Lipinski definition) is 3. The first-order valence-electron chi connectivity index (χ1n) is 10.4. The van der Waals surface area contributed by atoms with Gasteiger partial charge in [0.05, 0.1) is 13.2 Å². The Morgan fingerprint density at radius 1 is 1.09 bits per heavy atom. The molecule has 34 heavy (non-hydrogen) atoms. The van der Waals surface area contributed by atoms with Crippen molar-refractivity contribution in [3.05, 3.63) is 54.1 Å². The van der Waals surface area contributed by atoms with Crippen molar-refractivity contribution in [2.24, 2.45) is 0 Å². The molecular formula is C24H28N4O6. The molecule has 0 radical (unpaired) electrons. The highest BCUT2D eigenvalue weighted by atomic mass is 16.6. The summed E-state index contributed by atoms with van der Waals surface area (Å²) < 4.78 is 10.2. The van der Waals surface area contributed by atoms with Crippen molar-refractivity contribution >= 4 is 23.6 Å². The second-order valence-electron chi connectivity index (χ2n) is 8.25. The lowest BCUT2D eigenvalue weighted by molar-refractivity contribution is -0.137. The van der Waals surface area contributed by atoms with Crippen LogP contribution in [0.4, 0.5) is 10.5 Å². The SMILES string of the molecule is COc1ccc(NC(=O)C(c2ccc(O)cc2)N(CC#N)C(=O)CNC(=O)OC(C)(C)C)cc1. The summed E-state index contributed by atoms with van der Waals surface area (Å²) in [7, 11) is 1.52. The van der Waals surface area contributed by atoms with E-state index in [1.165, 1.54) is 31.4 Å². The third kappa shape index (κ3) is 7.70. The van der Waals surface area contributed by atoms with E-state index in [0.29, 0.717) is 17.0 Å². The zero-order chi connectivity index (χ0) is 25.3. The number of hydrogen-bond acceptors (Lipinski definition) is 7. The predicted octanol–water partition coefficient (Wildman–Crippen LogP) is 2.96. The van der Waals surface area contributed by atoms with E-state index in [1.807, 2.05) is 6.07 Å². The molecule has 3 amide bonds. The summed E-state index contributed by atoms with van der Waals surface area (Å²) in [5.41, 5.74) is 0.0576. The third-order valence-electron chi connectivity index (χ3n) is 4.47. The van der Waals surface area contributed by atoms with Gasteiger partial charge in [0.2, 0.25) is 5.91 Å². The van der Waals surface area contributed by atoms with Gasteiger partial charge in [0.25, 0.3) is 5.91 Å². The summed E-state index contributed by atoms with van der Waals surface area (Å²) in [6.45, 7) is 4.14. The van der Waals surface area contributed by atoms with E-state index in [1.54, 1.807) is 45.0 Å². The Balaban J connectivity index is 2.30. The number of rotatable bonds is 8. The molecule has 0 aromatic heterocycles. The normalized spacial score (nSPS) is 11.5. The number of carbonyl (C=O) groups is 3. The summed E-state index contributed by atoms with van der Waals surface area (Å²) in [6.07, 6.45) is -0.804. The minimum absolute atomic E-state index is 0.0252. The molecule has 10 nitrogen and oxygen atoms in total. The molecule has 2 aromatic carbocycles. The molecule has 0 aliphatic rings. The van der Waals surface area contributed by atoms with Gasteiger partial charge in [0, 0.05) is 5.69 Å². The number of alkyl carbamates (subject to hydrolysis) is 1. The lowest BCUT2D eigenvalue weighted by atomic mass is 10.0. The van der Waals surface area contributed by atoms with Gasteiger partial charge in [0.15, 0.2) is 0 Å². The summed E-state index contributed by atoms with van der Waals surface area (Å²) in [4.78, 5) is 39.3. The number of amides is 3. The first-order valence-corrected chi connectivity index (χ1v) is 10.4.